The van der Waals surface area contributed by atoms with Gasteiger partial charge in [-0.2, -0.15) is 26.3 Å². The molecule has 1 heterocycles. The lowest BCUT2D eigenvalue weighted by atomic mass is 9.67. The van der Waals surface area contributed by atoms with Crippen LogP contribution in [0.1, 0.15) is 18.4 Å². The van der Waals surface area contributed by atoms with Gasteiger partial charge in [0, 0.05) is 29.6 Å². The molecular formula is C16H13F6N. The van der Waals surface area contributed by atoms with E-state index in [-0.39, 0.29) is 17.8 Å². The van der Waals surface area contributed by atoms with Crippen molar-refractivity contribution in [2.45, 2.75) is 30.6 Å². The van der Waals surface area contributed by atoms with Crippen molar-refractivity contribution in [2.75, 3.05) is 11.9 Å². The number of anilines is 1. The summed E-state index contributed by atoms with van der Waals surface area (Å²) in [6.45, 7) is 0. The molecule has 0 bridgehead atoms. The van der Waals surface area contributed by atoms with Gasteiger partial charge in [-0.05, 0) is 18.9 Å². The molecule has 0 fully saturated rings. The SMILES string of the molecule is CN1C2=C(C=CCC2)C(C(F)(F)F)(C(F)(F)F)c2ccccc21. The van der Waals surface area contributed by atoms with E-state index in [0.717, 1.165) is 12.1 Å². The van der Waals surface area contributed by atoms with Crippen molar-refractivity contribution in [3.05, 3.63) is 53.3 Å². The van der Waals surface area contributed by atoms with Gasteiger partial charge >= 0.3 is 12.4 Å². The summed E-state index contributed by atoms with van der Waals surface area (Å²) >= 11 is 0. The van der Waals surface area contributed by atoms with E-state index in [1.807, 2.05) is 0 Å². The van der Waals surface area contributed by atoms with Gasteiger partial charge in [-0.1, -0.05) is 30.4 Å². The molecule has 124 valence electrons. The first-order valence-corrected chi connectivity index (χ1v) is 6.99. The largest absolute Gasteiger partial charge is 0.411 e. The zero-order chi connectivity index (χ0) is 17.0. The number of nitrogens with zero attached hydrogens (tertiary/aromatic N) is 1. The average Bonchev–Trinajstić information content (AvgIpc) is 2.45. The predicted molar refractivity (Wildman–Crippen MR) is 74.0 cm³/mol. The Morgan fingerprint density at radius 2 is 1.61 bits per heavy atom. The number of halogens is 6. The lowest BCUT2D eigenvalue weighted by Crippen LogP contribution is -2.58. The summed E-state index contributed by atoms with van der Waals surface area (Å²) in [6, 6.07) is 4.86. The zero-order valence-electron chi connectivity index (χ0n) is 12.1. The van der Waals surface area contributed by atoms with Crippen LogP contribution < -0.4 is 4.90 Å². The monoisotopic (exact) mass is 333 g/mol. The highest BCUT2D eigenvalue weighted by molar-refractivity contribution is 5.71. The molecule has 1 aromatic carbocycles. The summed E-state index contributed by atoms with van der Waals surface area (Å²) < 4.78 is 83.2. The fourth-order valence-electron chi connectivity index (χ4n) is 3.49. The minimum Gasteiger partial charge on any atom is -0.348 e. The molecule has 0 radical (unpaired) electrons. The average molecular weight is 333 g/mol. The molecular weight excluding hydrogens is 320 g/mol. The van der Waals surface area contributed by atoms with Crippen molar-refractivity contribution in [3.63, 3.8) is 0 Å². The molecule has 1 aromatic rings. The van der Waals surface area contributed by atoms with Gasteiger partial charge in [-0.15, -0.1) is 0 Å². The number of para-hydroxylation sites is 1. The third-order valence-electron chi connectivity index (χ3n) is 4.47. The molecule has 0 saturated heterocycles. The van der Waals surface area contributed by atoms with Crippen molar-refractivity contribution in [1.82, 2.24) is 0 Å². The zero-order valence-corrected chi connectivity index (χ0v) is 12.1. The maximum absolute atomic E-state index is 13.9. The highest BCUT2D eigenvalue weighted by Crippen LogP contribution is 2.62. The molecule has 0 amide bonds. The van der Waals surface area contributed by atoms with Gasteiger partial charge in [-0.25, -0.2) is 0 Å². The van der Waals surface area contributed by atoms with Gasteiger partial charge in [0.2, 0.25) is 5.41 Å². The second kappa shape index (κ2) is 4.79. The number of allylic oxidation sites excluding steroid dienone is 4. The van der Waals surface area contributed by atoms with Crippen LogP contribution in [0.4, 0.5) is 32.0 Å². The molecule has 0 atom stereocenters. The van der Waals surface area contributed by atoms with Gasteiger partial charge in [0.1, 0.15) is 0 Å². The van der Waals surface area contributed by atoms with Crippen LogP contribution in [0, 0.1) is 0 Å². The van der Waals surface area contributed by atoms with Crippen LogP contribution in [0.3, 0.4) is 0 Å². The van der Waals surface area contributed by atoms with Crippen molar-refractivity contribution in [2.24, 2.45) is 0 Å². The molecule has 7 heteroatoms. The number of rotatable bonds is 0. The summed E-state index contributed by atoms with van der Waals surface area (Å²) in [5, 5.41) is 0. The van der Waals surface area contributed by atoms with Crippen molar-refractivity contribution in [3.8, 4) is 0 Å². The van der Waals surface area contributed by atoms with Crippen LogP contribution in [-0.2, 0) is 5.41 Å². The Morgan fingerprint density at radius 3 is 2.22 bits per heavy atom. The first kappa shape index (κ1) is 16.0. The fraction of sp³-hybridized carbons (Fsp3) is 0.375. The van der Waals surface area contributed by atoms with E-state index in [2.05, 4.69) is 0 Å². The highest BCUT2D eigenvalue weighted by Gasteiger charge is 2.75. The Balaban J connectivity index is 2.47. The van der Waals surface area contributed by atoms with Crippen molar-refractivity contribution >= 4 is 5.69 Å². The lowest BCUT2D eigenvalue weighted by molar-refractivity contribution is -0.289. The Labute approximate surface area is 128 Å². The Hall–Kier alpha value is -1.92. The number of benzene rings is 1. The number of hydrogen-bond acceptors (Lipinski definition) is 1. The second-order valence-corrected chi connectivity index (χ2v) is 5.62. The molecule has 0 saturated carbocycles. The van der Waals surface area contributed by atoms with E-state index in [4.69, 9.17) is 0 Å². The maximum Gasteiger partial charge on any atom is 0.411 e. The van der Waals surface area contributed by atoms with Crippen LogP contribution in [0.5, 0.6) is 0 Å². The van der Waals surface area contributed by atoms with Gasteiger partial charge in [0.15, 0.2) is 0 Å². The number of fused-ring (bicyclic) bond motifs is 1. The van der Waals surface area contributed by atoms with E-state index in [9.17, 15) is 26.3 Å². The first-order valence-electron chi connectivity index (χ1n) is 6.99. The summed E-state index contributed by atoms with van der Waals surface area (Å²) in [5.41, 5.74) is -5.47. The lowest BCUT2D eigenvalue weighted by Gasteiger charge is -2.47. The van der Waals surface area contributed by atoms with Crippen LogP contribution in [-0.4, -0.2) is 19.4 Å². The van der Waals surface area contributed by atoms with Crippen molar-refractivity contribution < 1.29 is 26.3 Å². The summed E-state index contributed by atoms with van der Waals surface area (Å²) in [6.07, 6.45) is -8.09. The first-order chi connectivity index (χ1) is 10.6. The molecule has 23 heavy (non-hydrogen) atoms. The van der Waals surface area contributed by atoms with E-state index in [1.165, 1.54) is 36.2 Å². The Bertz CT molecular complexity index is 681. The Kier molecular flexibility index (Phi) is 3.32. The molecule has 0 N–H and O–H groups in total. The van der Waals surface area contributed by atoms with Crippen LogP contribution in [0.15, 0.2) is 47.7 Å². The van der Waals surface area contributed by atoms with Gasteiger partial charge < -0.3 is 4.90 Å². The summed E-state index contributed by atoms with van der Waals surface area (Å²) in [7, 11) is 1.50. The number of alkyl halides is 6. The predicted octanol–water partition coefficient (Wildman–Crippen LogP) is 5.10. The van der Waals surface area contributed by atoms with E-state index >= 15 is 0 Å². The van der Waals surface area contributed by atoms with Crippen LogP contribution >= 0.6 is 0 Å². The van der Waals surface area contributed by atoms with Gasteiger partial charge in [-0.3, -0.25) is 0 Å². The molecule has 1 aliphatic heterocycles. The molecule has 1 aliphatic carbocycles. The van der Waals surface area contributed by atoms with Crippen LogP contribution in [0.25, 0.3) is 0 Å². The standard InChI is InChI=1S/C16H13F6N/c1-23-12-8-4-2-6-10(12)14(15(17,18)19,16(20,21)22)11-7-3-5-9-13(11)23/h2-4,6-8H,5,9H2,1H3. The molecule has 0 aromatic heterocycles. The Morgan fingerprint density at radius 1 is 1.00 bits per heavy atom. The molecule has 0 spiro atoms. The molecule has 0 unspecified atom stereocenters. The maximum atomic E-state index is 13.9. The van der Waals surface area contributed by atoms with Crippen LogP contribution in [0.2, 0.25) is 0 Å². The quantitative estimate of drug-likeness (QED) is 0.597. The minimum absolute atomic E-state index is 0.0591. The highest BCUT2D eigenvalue weighted by atomic mass is 19.4. The van der Waals surface area contributed by atoms with E-state index in [1.54, 1.807) is 0 Å². The fourth-order valence-corrected chi connectivity index (χ4v) is 3.49. The molecule has 2 aliphatic rings. The number of hydrogen-bond donors (Lipinski definition) is 0. The topological polar surface area (TPSA) is 3.24 Å². The van der Waals surface area contributed by atoms with Crippen molar-refractivity contribution in [1.29, 1.82) is 0 Å². The molecule has 3 rings (SSSR count). The minimum atomic E-state index is -5.50. The third kappa shape index (κ3) is 1.95. The van der Waals surface area contributed by atoms with E-state index in [0.29, 0.717) is 6.42 Å². The molecule has 1 nitrogen and oxygen atoms in total. The third-order valence-corrected chi connectivity index (χ3v) is 4.47. The van der Waals surface area contributed by atoms with E-state index < -0.39 is 28.9 Å². The van der Waals surface area contributed by atoms with Gasteiger partial charge in [0.05, 0.1) is 0 Å². The smallest absolute Gasteiger partial charge is 0.348 e. The second-order valence-electron chi connectivity index (χ2n) is 5.62. The summed E-state index contributed by atoms with van der Waals surface area (Å²) in [5.74, 6) is 0. The summed E-state index contributed by atoms with van der Waals surface area (Å²) in [4.78, 5) is 1.43. The normalized spacial score (nSPS) is 20.4. The van der Waals surface area contributed by atoms with Gasteiger partial charge in [0.25, 0.3) is 0 Å².